The number of amides is 1. The maximum atomic E-state index is 12.9. The van der Waals surface area contributed by atoms with Gasteiger partial charge in [-0.15, -0.1) is 0 Å². The molecule has 5 nitrogen and oxygen atoms in total. The van der Waals surface area contributed by atoms with Crippen LogP contribution in [0.3, 0.4) is 0 Å². The SMILES string of the molecule is NC(=O)[C@@H]1CCCN(S(=O)(=O)c2ccc(Cl)c(C(F)(F)F)c2)C1. The van der Waals surface area contributed by atoms with Crippen LogP contribution in [0.5, 0.6) is 0 Å². The van der Waals surface area contributed by atoms with Crippen LogP contribution in [-0.4, -0.2) is 31.7 Å². The van der Waals surface area contributed by atoms with Crippen molar-refractivity contribution >= 4 is 27.5 Å². The zero-order valence-corrected chi connectivity index (χ0v) is 13.4. The van der Waals surface area contributed by atoms with Crippen LogP contribution in [-0.2, 0) is 21.0 Å². The van der Waals surface area contributed by atoms with Gasteiger partial charge >= 0.3 is 6.18 Å². The molecule has 1 aromatic rings. The molecular formula is C13H14ClF3N2O3S. The summed E-state index contributed by atoms with van der Waals surface area (Å²) in [6.07, 6.45) is -3.90. The van der Waals surface area contributed by atoms with Crippen LogP contribution in [0.2, 0.25) is 5.02 Å². The number of halogens is 4. The Morgan fingerprint density at radius 2 is 2.00 bits per heavy atom. The van der Waals surface area contributed by atoms with Gasteiger partial charge in [0, 0.05) is 13.1 Å². The molecule has 1 aromatic carbocycles. The number of nitrogens with zero attached hydrogens (tertiary/aromatic N) is 1. The summed E-state index contributed by atoms with van der Waals surface area (Å²) in [5.41, 5.74) is 3.97. The Labute approximate surface area is 136 Å². The molecule has 0 spiro atoms. The zero-order valence-electron chi connectivity index (χ0n) is 11.8. The number of hydrogen-bond acceptors (Lipinski definition) is 3. The fourth-order valence-electron chi connectivity index (χ4n) is 2.42. The first kappa shape index (κ1) is 18.0. The van der Waals surface area contributed by atoms with Crippen LogP contribution in [0.15, 0.2) is 23.1 Å². The van der Waals surface area contributed by atoms with E-state index in [1.807, 2.05) is 0 Å². The van der Waals surface area contributed by atoms with E-state index >= 15 is 0 Å². The van der Waals surface area contributed by atoms with Crippen LogP contribution < -0.4 is 5.73 Å². The summed E-state index contributed by atoms with van der Waals surface area (Å²) in [5.74, 6) is -1.27. The number of carbonyl (C=O) groups is 1. The van der Waals surface area contributed by atoms with Gasteiger partial charge < -0.3 is 5.73 Å². The van der Waals surface area contributed by atoms with E-state index in [2.05, 4.69) is 0 Å². The summed E-state index contributed by atoms with van der Waals surface area (Å²) in [5, 5.41) is -0.579. The smallest absolute Gasteiger partial charge is 0.369 e. The quantitative estimate of drug-likeness (QED) is 0.886. The molecule has 23 heavy (non-hydrogen) atoms. The minimum atomic E-state index is -4.76. The maximum absolute atomic E-state index is 12.9. The van der Waals surface area contributed by atoms with Crippen molar-refractivity contribution in [1.82, 2.24) is 4.31 Å². The number of hydrogen-bond donors (Lipinski definition) is 1. The van der Waals surface area contributed by atoms with Gasteiger partial charge in [-0.2, -0.15) is 17.5 Å². The number of piperidine rings is 1. The van der Waals surface area contributed by atoms with E-state index < -0.39 is 43.5 Å². The fraction of sp³-hybridized carbons (Fsp3) is 0.462. The zero-order chi connectivity index (χ0) is 17.4. The lowest BCUT2D eigenvalue weighted by Gasteiger charge is -2.30. The van der Waals surface area contributed by atoms with Crippen molar-refractivity contribution in [3.05, 3.63) is 28.8 Å². The fourth-order valence-corrected chi connectivity index (χ4v) is 4.20. The van der Waals surface area contributed by atoms with Crippen molar-refractivity contribution in [3.63, 3.8) is 0 Å². The van der Waals surface area contributed by atoms with Crippen LogP contribution in [0, 0.1) is 5.92 Å². The standard InChI is InChI=1S/C13H14ClF3N2O3S/c14-11-4-3-9(6-10(11)13(15,16)17)23(21,22)19-5-1-2-8(7-19)12(18)20/h3-4,6,8H,1-2,5,7H2,(H2,18,20)/t8-/m1/s1. The molecule has 1 atom stereocenters. The molecule has 0 bridgehead atoms. The summed E-state index contributed by atoms with van der Waals surface area (Å²) < 4.78 is 64.6. The summed E-state index contributed by atoms with van der Waals surface area (Å²) in [6, 6.07) is 2.42. The lowest BCUT2D eigenvalue weighted by atomic mass is 9.99. The highest BCUT2D eigenvalue weighted by atomic mass is 35.5. The minimum Gasteiger partial charge on any atom is -0.369 e. The van der Waals surface area contributed by atoms with Crippen LogP contribution >= 0.6 is 11.6 Å². The molecule has 10 heteroatoms. The van der Waals surface area contributed by atoms with Gasteiger partial charge in [0.05, 0.1) is 21.4 Å². The molecule has 1 heterocycles. The van der Waals surface area contributed by atoms with Crippen molar-refractivity contribution in [2.24, 2.45) is 11.7 Å². The molecule has 128 valence electrons. The normalized spacial score (nSPS) is 20.4. The van der Waals surface area contributed by atoms with Gasteiger partial charge in [0.25, 0.3) is 0 Å². The topological polar surface area (TPSA) is 80.5 Å². The Morgan fingerprint density at radius 1 is 1.35 bits per heavy atom. The van der Waals surface area contributed by atoms with Gasteiger partial charge in [-0.25, -0.2) is 8.42 Å². The van der Waals surface area contributed by atoms with E-state index in [9.17, 15) is 26.4 Å². The van der Waals surface area contributed by atoms with E-state index in [1.165, 1.54) is 0 Å². The summed E-state index contributed by atoms with van der Waals surface area (Å²) in [4.78, 5) is 10.7. The van der Waals surface area contributed by atoms with E-state index in [0.29, 0.717) is 18.9 Å². The predicted molar refractivity (Wildman–Crippen MR) is 77.1 cm³/mol. The Hall–Kier alpha value is -1.32. The molecule has 0 aromatic heterocycles. The first-order valence-electron chi connectivity index (χ1n) is 6.69. The van der Waals surface area contributed by atoms with Gasteiger partial charge in [0.2, 0.25) is 15.9 Å². The molecule has 1 fully saturated rings. The molecule has 1 amide bonds. The molecule has 0 saturated carbocycles. The monoisotopic (exact) mass is 370 g/mol. The average molecular weight is 371 g/mol. The van der Waals surface area contributed by atoms with Crippen molar-refractivity contribution < 1.29 is 26.4 Å². The third-order valence-corrected chi connectivity index (χ3v) is 5.86. The predicted octanol–water partition coefficient (Wildman–Crippen LogP) is 2.24. The first-order valence-corrected chi connectivity index (χ1v) is 8.51. The van der Waals surface area contributed by atoms with Crippen LogP contribution in [0.1, 0.15) is 18.4 Å². The molecule has 2 rings (SSSR count). The molecule has 0 radical (unpaired) electrons. The Morgan fingerprint density at radius 3 is 2.57 bits per heavy atom. The highest BCUT2D eigenvalue weighted by molar-refractivity contribution is 7.89. The summed E-state index contributed by atoms with van der Waals surface area (Å²) in [7, 11) is -4.16. The van der Waals surface area contributed by atoms with Crippen molar-refractivity contribution in [3.8, 4) is 0 Å². The van der Waals surface area contributed by atoms with Gasteiger partial charge in [-0.05, 0) is 31.0 Å². The summed E-state index contributed by atoms with van der Waals surface area (Å²) in [6.45, 7) is -0.0161. The number of primary amides is 1. The third-order valence-electron chi connectivity index (χ3n) is 3.67. The highest BCUT2D eigenvalue weighted by Crippen LogP contribution is 2.36. The highest BCUT2D eigenvalue weighted by Gasteiger charge is 2.37. The van der Waals surface area contributed by atoms with Crippen molar-refractivity contribution in [2.75, 3.05) is 13.1 Å². The molecule has 1 aliphatic heterocycles. The third kappa shape index (κ3) is 3.78. The van der Waals surface area contributed by atoms with Gasteiger partial charge in [0.1, 0.15) is 0 Å². The van der Waals surface area contributed by atoms with Gasteiger partial charge in [-0.1, -0.05) is 11.6 Å². The lowest BCUT2D eigenvalue weighted by Crippen LogP contribution is -2.44. The Kier molecular flexibility index (Phi) is 4.93. The van der Waals surface area contributed by atoms with Crippen molar-refractivity contribution in [1.29, 1.82) is 0 Å². The number of carbonyl (C=O) groups excluding carboxylic acids is 1. The molecular weight excluding hydrogens is 357 g/mol. The largest absolute Gasteiger partial charge is 0.417 e. The van der Waals surface area contributed by atoms with E-state index in [-0.39, 0.29) is 13.1 Å². The molecule has 1 saturated heterocycles. The lowest BCUT2D eigenvalue weighted by molar-refractivity contribution is -0.137. The van der Waals surface area contributed by atoms with Crippen molar-refractivity contribution in [2.45, 2.75) is 23.9 Å². The maximum Gasteiger partial charge on any atom is 0.417 e. The minimum absolute atomic E-state index is 0.121. The second-order valence-corrected chi connectivity index (χ2v) is 7.59. The van der Waals surface area contributed by atoms with E-state index in [0.717, 1.165) is 16.4 Å². The first-order chi connectivity index (χ1) is 10.5. The van der Waals surface area contributed by atoms with Crippen LogP contribution in [0.4, 0.5) is 13.2 Å². The van der Waals surface area contributed by atoms with Crippen LogP contribution in [0.25, 0.3) is 0 Å². The van der Waals surface area contributed by atoms with E-state index in [1.54, 1.807) is 0 Å². The number of benzene rings is 1. The second kappa shape index (κ2) is 6.29. The Balaban J connectivity index is 2.38. The molecule has 1 aliphatic rings. The molecule has 0 unspecified atom stereocenters. The second-order valence-electron chi connectivity index (χ2n) is 5.24. The molecule has 0 aliphatic carbocycles. The summed E-state index contributed by atoms with van der Waals surface area (Å²) >= 11 is 5.49. The Bertz CT molecular complexity index is 722. The average Bonchev–Trinajstić information content (AvgIpc) is 2.46. The van der Waals surface area contributed by atoms with Gasteiger partial charge in [0.15, 0.2) is 0 Å². The number of rotatable bonds is 3. The van der Waals surface area contributed by atoms with E-state index in [4.69, 9.17) is 17.3 Å². The molecule has 2 N–H and O–H groups in total. The number of nitrogens with two attached hydrogens (primary N) is 1. The number of sulfonamides is 1. The van der Waals surface area contributed by atoms with Gasteiger partial charge in [-0.3, -0.25) is 4.79 Å². The number of alkyl halides is 3.